The van der Waals surface area contributed by atoms with Gasteiger partial charge < -0.3 is 16.4 Å². The van der Waals surface area contributed by atoms with Gasteiger partial charge in [-0.2, -0.15) is 0 Å². The van der Waals surface area contributed by atoms with Crippen molar-refractivity contribution in [2.24, 2.45) is 5.73 Å². The van der Waals surface area contributed by atoms with Crippen LogP contribution >= 0.6 is 0 Å². The number of likely N-dealkylation sites (N-methyl/N-ethyl adjacent to an activating group) is 1. The number of amides is 2. The van der Waals surface area contributed by atoms with Gasteiger partial charge >= 0.3 is 6.03 Å². The first kappa shape index (κ1) is 15.8. The van der Waals surface area contributed by atoms with Crippen LogP contribution in [-0.2, 0) is 0 Å². The molecule has 5 heteroatoms. The minimum absolute atomic E-state index is 0.0357. The smallest absolute Gasteiger partial charge is 0.319 e. The number of carbonyl (C=O) groups excluding carboxylic acids is 1. The van der Waals surface area contributed by atoms with Crippen molar-refractivity contribution in [3.63, 3.8) is 0 Å². The number of nitrogens with one attached hydrogen (secondary N) is 2. The molecular formula is C16H26N4O. The highest BCUT2D eigenvalue weighted by Crippen LogP contribution is 2.17. The summed E-state index contributed by atoms with van der Waals surface area (Å²) in [4.78, 5) is 14.4. The van der Waals surface area contributed by atoms with Crippen molar-refractivity contribution in [2.45, 2.75) is 38.8 Å². The van der Waals surface area contributed by atoms with E-state index in [9.17, 15) is 4.79 Å². The topological polar surface area (TPSA) is 70.4 Å². The molecule has 0 saturated carbocycles. The number of hydrogen-bond donors (Lipinski definition) is 3. The van der Waals surface area contributed by atoms with Crippen LogP contribution in [0.4, 0.5) is 10.5 Å². The maximum atomic E-state index is 12.0. The number of likely N-dealkylation sites (tertiary alicyclic amines) is 1. The van der Waals surface area contributed by atoms with Crippen molar-refractivity contribution in [1.82, 2.24) is 10.2 Å². The summed E-state index contributed by atoms with van der Waals surface area (Å²) in [6.07, 6.45) is 2.38. The van der Waals surface area contributed by atoms with Crippen molar-refractivity contribution in [2.75, 3.05) is 25.0 Å². The first-order valence-electron chi connectivity index (χ1n) is 7.74. The van der Waals surface area contributed by atoms with Gasteiger partial charge in [0, 0.05) is 24.3 Å². The average Bonchev–Trinajstić information content (AvgIpc) is 2.93. The minimum atomic E-state index is -0.153. The Bertz CT molecular complexity index is 475. The van der Waals surface area contributed by atoms with E-state index in [-0.39, 0.29) is 12.1 Å². The molecule has 0 aliphatic carbocycles. The lowest BCUT2D eigenvalue weighted by Crippen LogP contribution is -2.41. The van der Waals surface area contributed by atoms with Gasteiger partial charge in [-0.3, -0.25) is 4.90 Å². The Morgan fingerprint density at radius 2 is 2.33 bits per heavy atom. The fourth-order valence-electron chi connectivity index (χ4n) is 2.83. The highest BCUT2D eigenvalue weighted by molar-refractivity contribution is 5.89. The monoisotopic (exact) mass is 290 g/mol. The first-order chi connectivity index (χ1) is 10.1. The van der Waals surface area contributed by atoms with Crippen molar-refractivity contribution < 1.29 is 4.79 Å². The molecule has 2 unspecified atom stereocenters. The summed E-state index contributed by atoms with van der Waals surface area (Å²) >= 11 is 0. The molecule has 0 aromatic heterocycles. The maximum absolute atomic E-state index is 12.0. The molecule has 116 valence electrons. The zero-order chi connectivity index (χ0) is 15.2. The highest BCUT2D eigenvalue weighted by atomic mass is 16.2. The summed E-state index contributed by atoms with van der Waals surface area (Å²) in [6.45, 7) is 6.98. The Kier molecular flexibility index (Phi) is 5.59. The molecule has 5 nitrogen and oxygen atoms in total. The van der Waals surface area contributed by atoms with Crippen LogP contribution in [0.1, 0.15) is 38.3 Å². The van der Waals surface area contributed by atoms with Gasteiger partial charge in [-0.15, -0.1) is 0 Å². The number of nitrogens with zero attached hydrogens (tertiary/aromatic N) is 1. The number of rotatable bonds is 5. The van der Waals surface area contributed by atoms with Crippen LogP contribution < -0.4 is 16.4 Å². The quantitative estimate of drug-likeness (QED) is 0.779. The van der Waals surface area contributed by atoms with Crippen LogP contribution in [0.2, 0.25) is 0 Å². The fourth-order valence-corrected chi connectivity index (χ4v) is 2.83. The molecule has 2 amide bonds. The fraction of sp³-hybridized carbons (Fsp3) is 0.562. The van der Waals surface area contributed by atoms with Gasteiger partial charge in [-0.05, 0) is 50.6 Å². The second kappa shape index (κ2) is 7.43. The van der Waals surface area contributed by atoms with Gasteiger partial charge in [-0.1, -0.05) is 19.1 Å². The molecule has 1 aliphatic heterocycles. The summed E-state index contributed by atoms with van der Waals surface area (Å²) in [5, 5.41) is 5.83. The number of carbonyl (C=O) groups is 1. The molecule has 1 saturated heterocycles. The van der Waals surface area contributed by atoms with Crippen molar-refractivity contribution in [3.8, 4) is 0 Å². The Morgan fingerprint density at radius 3 is 3.05 bits per heavy atom. The number of nitrogens with two attached hydrogens (primary N) is 1. The van der Waals surface area contributed by atoms with E-state index < -0.39 is 0 Å². The van der Waals surface area contributed by atoms with Gasteiger partial charge in [0.2, 0.25) is 0 Å². The number of urea groups is 1. The number of benzene rings is 1. The molecule has 2 rings (SSSR count). The molecule has 4 N–H and O–H groups in total. The molecule has 1 fully saturated rings. The normalized spacial score (nSPS) is 20.2. The molecule has 1 aliphatic rings. The summed E-state index contributed by atoms with van der Waals surface area (Å²) in [5.41, 5.74) is 7.64. The molecular weight excluding hydrogens is 264 g/mol. The van der Waals surface area contributed by atoms with Crippen LogP contribution in [0.25, 0.3) is 0 Å². The molecule has 0 radical (unpaired) electrons. The predicted molar refractivity (Wildman–Crippen MR) is 86.3 cm³/mol. The van der Waals surface area contributed by atoms with E-state index in [1.165, 1.54) is 6.42 Å². The van der Waals surface area contributed by atoms with Gasteiger partial charge in [0.1, 0.15) is 0 Å². The van der Waals surface area contributed by atoms with Crippen LogP contribution in [0.15, 0.2) is 24.3 Å². The largest absolute Gasteiger partial charge is 0.336 e. The lowest BCUT2D eigenvalue weighted by Gasteiger charge is -2.23. The molecule has 1 heterocycles. The second-order valence-electron chi connectivity index (χ2n) is 5.67. The van der Waals surface area contributed by atoms with Gasteiger partial charge in [0.15, 0.2) is 0 Å². The van der Waals surface area contributed by atoms with E-state index >= 15 is 0 Å². The third-order valence-corrected chi connectivity index (χ3v) is 4.07. The van der Waals surface area contributed by atoms with E-state index in [0.717, 1.165) is 30.8 Å². The summed E-state index contributed by atoms with van der Waals surface area (Å²) in [7, 11) is 0. The van der Waals surface area contributed by atoms with E-state index in [1.54, 1.807) is 0 Å². The van der Waals surface area contributed by atoms with Crippen LogP contribution in [0.3, 0.4) is 0 Å². The number of hydrogen-bond acceptors (Lipinski definition) is 3. The average molecular weight is 290 g/mol. The Morgan fingerprint density at radius 1 is 1.52 bits per heavy atom. The van der Waals surface area contributed by atoms with E-state index in [0.29, 0.717) is 12.6 Å². The van der Waals surface area contributed by atoms with Gasteiger partial charge in [0.05, 0.1) is 0 Å². The summed E-state index contributed by atoms with van der Waals surface area (Å²) < 4.78 is 0. The molecule has 0 spiro atoms. The standard InChI is InChI=1S/C16H26N4O/c1-3-20-9-5-8-15(20)11-18-16(21)19-14-7-4-6-13(10-14)12(2)17/h4,6-7,10,12,15H,3,5,8-9,11,17H2,1-2H3,(H2,18,19,21). The van der Waals surface area contributed by atoms with Gasteiger partial charge in [-0.25, -0.2) is 4.79 Å². The number of anilines is 1. The molecule has 2 atom stereocenters. The second-order valence-corrected chi connectivity index (χ2v) is 5.67. The van der Waals surface area contributed by atoms with Crippen LogP contribution in [-0.4, -0.2) is 36.6 Å². The minimum Gasteiger partial charge on any atom is -0.336 e. The predicted octanol–water partition coefficient (Wildman–Crippen LogP) is 2.31. The van der Waals surface area contributed by atoms with Crippen LogP contribution in [0, 0.1) is 0 Å². The Balaban J connectivity index is 1.83. The molecule has 1 aromatic rings. The van der Waals surface area contributed by atoms with Gasteiger partial charge in [0.25, 0.3) is 0 Å². The first-order valence-corrected chi connectivity index (χ1v) is 7.74. The Hall–Kier alpha value is -1.59. The summed E-state index contributed by atoms with van der Waals surface area (Å²) in [6, 6.07) is 7.94. The van der Waals surface area contributed by atoms with E-state index in [1.807, 2.05) is 31.2 Å². The third kappa shape index (κ3) is 4.44. The maximum Gasteiger partial charge on any atom is 0.319 e. The van der Waals surface area contributed by atoms with Crippen molar-refractivity contribution in [3.05, 3.63) is 29.8 Å². The molecule has 0 bridgehead atoms. The van der Waals surface area contributed by atoms with Crippen molar-refractivity contribution >= 4 is 11.7 Å². The summed E-state index contributed by atoms with van der Waals surface area (Å²) in [5.74, 6) is 0. The lowest BCUT2D eigenvalue weighted by molar-refractivity contribution is 0.238. The highest BCUT2D eigenvalue weighted by Gasteiger charge is 2.23. The molecule has 21 heavy (non-hydrogen) atoms. The SMILES string of the molecule is CCN1CCCC1CNC(=O)Nc1cccc(C(C)N)c1. The van der Waals surface area contributed by atoms with E-state index in [2.05, 4.69) is 22.5 Å². The zero-order valence-electron chi connectivity index (χ0n) is 12.9. The lowest BCUT2D eigenvalue weighted by atomic mass is 10.1. The third-order valence-electron chi connectivity index (χ3n) is 4.07. The van der Waals surface area contributed by atoms with E-state index in [4.69, 9.17) is 5.73 Å². The molecule has 1 aromatic carbocycles. The van der Waals surface area contributed by atoms with Crippen molar-refractivity contribution in [1.29, 1.82) is 0 Å². The Labute approximate surface area is 126 Å². The zero-order valence-corrected chi connectivity index (χ0v) is 12.9. The van der Waals surface area contributed by atoms with Crippen LogP contribution in [0.5, 0.6) is 0 Å².